The van der Waals surface area contributed by atoms with Crippen molar-refractivity contribution in [3.63, 3.8) is 0 Å². The van der Waals surface area contributed by atoms with Crippen LogP contribution < -0.4 is 5.32 Å². The molecule has 1 aromatic rings. The minimum atomic E-state index is -0.705. The standard InChI is InChI=1S/C17H27N3O2/c1-12(2)10-20-15(13-5-6-13)14(9-19-20)16(21)18-11-17(22)7-3-4-8-17/h9,12-13,22H,3-8,10-11H2,1-2H3,(H,18,21). The van der Waals surface area contributed by atoms with Crippen LogP contribution in [0.4, 0.5) is 0 Å². The van der Waals surface area contributed by atoms with Gasteiger partial charge in [-0.3, -0.25) is 9.48 Å². The van der Waals surface area contributed by atoms with Crippen LogP contribution >= 0.6 is 0 Å². The Labute approximate surface area is 132 Å². The maximum atomic E-state index is 12.5. The van der Waals surface area contributed by atoms with Gasteiger partial charge >= 0.3 is 0 Å². The number of hydrogen-bond acceptors (Lipinski definition) is 3. The highest BCUT2D eigenvalue weighted by Crippen LogP contribution is 2.41. The van der Waals surface area contributed by atoms with Gasteiger partial charge in [0.25, 0.3) is 5.91 Å². The fourth-order valence-corrected chi connectivity index (χ4v) is 3.40. The molecule has 5 nitrogen and oxygen atoms in total. The smallest absolute Gasteiger partial charge is 0.254 e. The lowest BCUT2D eigenvalue weighted by atomic mass is 10.0. The van der Waals surface area contributed by atoms with Crippen LogP contribution in [0.1, 0.15) is 74.3 Å². The van der Waals surface area contributed by atoms with Gasteiger partial charge in [-0.15, -0.1) is 0 Å². The molecule has 0 saturated heterocycles. The first-order valence-electron chi connectivity index (χ1n) is 8.55. The topological polar surface area (TPSA) is 67.2 Å². The van der Waals surface area contributed by atoms with Crippen LogP contribution in [0.2, 0.25) is 0 Å². The number of hydrogen-bond donors (Lipinski definition) is 2. The molecular weight excluding hydrogens is 278 g/mol. The number of aromatic nitrogens is 2. The van der Waals surface area contributed by atoms with Crippen LogP contribution in [0, 0.1) is 5.92 Å². The number of aliphatic hydroxyl groups is 1. The number of carbonyl (C=O) groups is 1. The number of nitrogens with one attached hydrogen (secondary N) is 1. The van der Waals surface area contributed by atoms with Gasteiger partial charge in [0.05, 0.1) is 23.1 Å². The van der Waals surface area contributed by atoms with Crippen LogP contribution in [0.15, 0.2) is 6.20 Å². The van der Waals surface area contributed by atoms with Gasteiger partial charge < -0.3 is 10.4 Å². The predicted octanol–water partition coefficient (Wildman–Crippen LogP) is 2.45. The Bertz CT molecular complexity index is 540. The molecule has 5 heteroatoms. The van der Waals surface area contributed by atoms with E-state index in [9.17, 15) is 9.90 Å². The third-order valence-electron chi connectivity index (χ3n) is 4.74. The molecule has 1 amide bonds. The lowest BCUT2D eigenvalue weighted by Gasteiger charge is -2.22. The Morgan fingerprint density at radius 1 is 1.45 bits per heavy atom. The van der Waals surface area contributed by atoms with Crippen molar-refractivity contribution in [3.05, 3.63) is 17.5 Å². The first kappa shape index (κ1) is 15.5. The molecule has 0 bridgehead atoms. The molecule has 2 fully saturated rings. The molecule has 2 saturated carbocycles. The van der Waals surface area contributed by atoms with E-state index in [0.717, 1.165) is 50.8 Å². The maximum Gasteiger partial charge on any atom is 0.254 e. The summed E-state index contributed by atoms with van der Waals surface area (Å²) in [5, 5.41) is 17.7. The molecular formula is C17H27N3O2. The minimum Gasteiger partial charge on any atom is -0.388 e. The Balaban J connectivity index is 1.70. The Hall–Kier alpha value is -1.36. The zero-order valence-corrected chi connectivity index (χ0v) is 13.6. The summed E-state index contributed by atoms with van der Waals surface area (Å²) in [5.74, 6) is 0.904. The maximum absolute atomic E-state index is 12.5. The molecule has 1 aromatic heterocycles. The van der Waals surface area contributed by atoms with Gasteiger partial charge in [-0.25, -0.2) is 0 Å². The number of rotatable bonds is 6. The molecule has 0 aromatic carbocycles. The van der Waals surface area contributed by atoms with E-state index >= 15 is 0 Å². The van der Waals surface area contributed by atoms with E-state index in [1.807, 2.05) is 4.68 Å². The Kier molecular flexibility index (Phi) is 4.26. The van der Waals surface area contributed by atoms with Gasteiger partial charge in [0.2, 0.25) is 0 Å². The van der Waals surface area contributed by atoms with Crippen LogP contribution in [0.25, 0.3) is 0 Å². The largest absolute Gasteiger partial charge is 0.388 e. The minimum absolute atomic E-state index is 0.0859. The third-order valence-corrected chi connectivity index (χ3v) is 4.74. The average Bonchev–Trinajstić information content (AvgIpc) is 3.08. The molecule has 0 spiro atoms. The first-order valence-corrected chi connectivity index (χ1v) is 8.55. The normalized spacial score (nSPS) is 20.5. The van der Waals surface area contributed by atoms with Gasteiger partial charge in [-0.2, -0.15) is 5.10 Å². The van der Waals surface area contributed by atoms with Gasteiger partial charge in [0.1, 0.15) is 0 Å². The lowest BCUT2D eigenvalue weighted by Crippen LogP contribution is -2.40. The molecule has 1 heterocycles. The summed E-state index contributed by atoms with van der Waals surface area (Å²) in [5.41, 5.74) is 1.08. The van der Waals surface area contributed by atoms with Gasteiger partial charge in [0, 0.05) is 19.0 Å². The van der Waals surface area contributed by atoms with E-state index in [4.69, 9.17) is 0 Å². The van der Waals surface area contributed by atoms with E-state index in [2.05, 4.69) is 24.3 Å². The van der Waals surface area contributed by atoms with Crippen LogP contribution in [0.5, 0.6) is 0 Å². The molecule has 2 aliphatic carbocycles. The second kappa shape index (κ2) is 6.03. The average molecular weight is 305 g/mol. The first-order chi connectivity index (χ1) is 10.5. The van der Waals surface area contributed by atoms with Gasteiger partial charge in [-0.05, 0) is 31.6 Å². The lowest BCUT2D eigenvalue weighted by molar-refractivity contribution is 0.0449. The van der Waals surface area contributed by atoms with Crippen molar-refractivity contribution in [2.75, 3.05) is 6.54 Å². The van der Waals surface area contributed by atoms with Crippen LogP contribution in [-0.4, -0.2) is 32.9 Å². The highest BCUT2D eigenvalue weighted by atomic mass is 16.3. The van der Waals surface area contributed by atoms with Crippen molar-refractivity contribution in [1.82, 2.24) is 15.1 Å². The van der Waals surface area contributed by atoms with Crippen molar-refractivity contribution >= 4 is 5.91 Å². The molecule has 122 valence electrons. The highest BCUT2D eigenvalue weighted by molar-refractivity contribution is 5.95. The van der Waals surface area contributed by atoms with Crippen LogP contribution in [-0.2, 0) is 6.54 Å². The summed E-state index contributed by atoms with van der Waals surface area (Å²) in [6.07, 6.45) is 7.66. The highest BCUT2D eigenvalue weighted by Gasteiger charge is 2.34. The Morgan fingerprint density at radius 3 is 2.73 bits per heavy atom. The summed E-state index contributed by atoms with van der Waals surface area (Å²) in [6.45, 7) is 5.52. The van der Waals surface area contributed by atoms with E-state index < -0.39 is 5.60 Å². The molecule has 0 aliphatic heterocycles. The fraction of sp³-hybridized carbons (Fsp3) is 0.765. The predicted molar refractivity (Wildman–Crippen MR) is 84.8 cm³/mol. The zero-order chi connectivity index (χ0) is 15.7. The number of amides is 1. The summed E-state index contributed by atoms with van der Waals surface area (Å²) in [6, 6.07) is 0. The molecule has 3 rings (SSSR count). The van der Waals surface area contributed by atoms with Crippen molar-refractivity contribution in [3.8, 4) is 0 Å². The number of carbonyl (C=O) groups excluding carboxylic acids is 1. The van der Waals surface area contributed by atoms with Crippen molar-refractivity contribution in [2.45, 2.75) is 70.4 Å². The molecule has 22 heavy (non-hydrogen) atoms. The molecule has 0 unspecified atom stereocenters. The van der Waals surface area contributed by atoms with Crippen molar-refractivity contribution in [2.24, 2.45) is 5.92 Å². The van der Waals surface area contributed by atoms with E-state index in [1.54, 1.807) is 6.20 Å². The zero-order valence-electron chi connectivity index (χ0n) is 13.6. The second-order valence-electron chi connectivity index (χ2n) is 7.41. The van der Waals surface area contributed by atoms with Gasteiger partial charge in [0.15, 0.2) is 0 Å². The molecule has 0 radical (unpaired) electrons. The SMILES string of the molecule is CC(C)Cn1ncc(C(=O)NCC2(O)CCCC2)c1C1CC1. The van der Waals surface area contributed by atoms with Gasteiger partial charge in [-0.1, -0.05) is 26.7 Å². The summed E-state index contributed by atoms with van der Waals surface area (Å²) in [7, 11) is 0. The number of nitrogens with zero attached hydrogens (tertiary/aromatic N) is 2. The quantitative estimate of drug-likeness (QED) is 0.848. The van der Waals surface area contributed by atoms with E-state index in [-0.39, 0.29) is 5.91 Å². The molecule has 2 aliphatic rings. The summed E-state index contributed by atoms with van der Waals surface area (Å²) >= 11 is 0. The van der Waals surface area contributed by atoms with E-state index in [1.165, 1.54) is 0 Å². The van der Waals surface area contributed by atoms with Crippen molar-refractivity contribution in [1.29, 1.82) is 0 Å². The summed E-state index contributed by atoms with van der Waals surface area (Å²) in [4.78, 5) is 12.5. The monoisotopic (exact) mass is 305 g/mol. The summed E-state index contributed by atoms with van der Waals surface area (Å²) < 4.78 is 2.00. The molecule has 0 atom stereocenters. The van der Waals surface area contributed by atoms with E-state index in [0.29, 0.717) is 23.9 Å². The third kappa shape index (κ3) is 3.35. The fourth-order valence-electron chi connectivity index (χ4n) is 3.40. The second-order valence-corrected chi connectivity index (χ2v) is 7.41. The molecule has 2 N–H and O–H groups in total. The Morgan fingerprint density at radius 2 is 2.14 bits per heavy atom. The van der Waals surface area contributed by atoms with Crippen molar-refractivity contribution < 1.29 is 9.90 Å². The van der Waals surface area contributed by atoms with Crippen LogP contribution in [0.3, 0.4) is 0 Å².